The highest BCUT2D eigenvalue weighted by Crippen LogP contribution is 2.27. The zero-order valence-electron chi connectivity index (χ0n) is 8.14. The molecule has 0 aliphatic heterocycles. The number of halogens is 3. The van der Waals surface area contributed by atoms with Gasteiger partial charge in [0.2, 0.25) is 0 Å². The second kappa shape index (κ2) is 5.54. The predicted octanol–water partition coefficient (Wildman–Crippen LogP) is 5.54. The lowest BCUT2D eigenvalue weighted by Gasteiger charge is -2.07. The van der Waals surface area contributed by atoms with Crippen LogP contribution in [0.15, 0.2) is 38.6 Å². The molecule has 0 spiro atoms. The molecule has 2 aromatic rings. The first kappa shape index (κ1) is 12.4. The summed E-state index contributed by atoms with van der Waals surface area (Å²) in [5.74, 6) is 0. The van der Waals surface area contributed by atoms with Crippen LogP contribution < -0.4 is 5.32 Å². The summed E-state index contributed by atoms with van der Waals surface area (Å²) < 4.78 is 2.11. The standard InChI is InChI=1S/C11H8Br2ClNS/c12-7-1-2-10(13)11(3-7)15-5-9-4-8(14)6-16-9/h1-4,6,15H,5H2. The molecule has 0 amide bonds. The van der Waals surface area contributed by atoms with Crippen LogP contribution in [0.2, 0.25) is 5.02 Å². The highest BCUT2D eigenvalue weighted by atomic mass is 79.9. The van der Waals surface area contributed by atoms with Crippen molar-refractivity contribution in [1.82, 2.24) is 0 Å². The Morgan fingerprint density at radius 1 is 1.25 bits per heavy atom. The number of anilines is 1. The summed E-state index contributed by atoms with van der Waals surface area (Å²) >= 11 is 14.5. The highest BCUT2D eigenvalue weighted by Gasteiger charge is 2.02. The van der Waals surface area contributed by atoms with Crippen LogP contribution in [0.1, 0.15) is 4.88 Å². The maximum Gasteiger partial charge on any atom is 0.0516 e. The van der Waals surface area contributed by atoms with Crippen molar-refractivity contribution in [2.24, 2.45) is 0 Å². The molecule has 0 saturated heterocycles. The zero-order valence-corrected chi connectivity index (χ0v) is 12.9. The van der Waals surface area contributed by atoms with Crippen LogP contribution >= 0.6 is 54.8 Å². The Morgan fingerprint density at radius 3 is 2.75 bits per heavy atom. The van der Waals surface area contributed by atoms with Crippen LogP contribution in [0.4, 0.5) is 5.69 Å². The van der Waals surface area contributed by atoms with Crippen LogP contribution in [-0.4, -0.2) is 0 Å². The zero-order chi connectivity index (χ0) is 11.5. The van der Waals surface area contributed by atoms with Crippen molar-refractivity contribution in [3.8, 4) is 0 Å². The van der Waals surface area contributed by atoms with E-state index >= 15 is 0 Å². The van der Waals surface area contributed by atoms with Crippen molar-refractivity contribution in [3.05, 3.63) is 48.5 Å². The fourth-order valence-corrected chi connectivity index (χ4v) is 3.02. The molecule has 0 radical (unpaired) electrons. The molecule has 1 aromatic carbocycles. The molecule has 1 N–H and O–H groups in total. The lowest BCUT2D eigenvalue weighted by atomic mass is 10.3. The monoisotopic (exact) mass is 379 g/mol. The quantitative estimate of drug-likeness (QED) is 0.736. The van der Waals surface area contributed by atoms with Gasteiger partial charge in [-0.2, -0.15) is 0 Å². The molecule has 16 heavy (non-hydrogen) atoms. The number of hydrogen-bond acceptors (Lipinski definition) is 2. The Balaban J connectivity index is 2.07. The topological polar surface area (TPSA) is 12.0 Å². The second-order valence-corrected chi connectivity index (χ2v) is 6.41. The molecule has 0 saturated carbocycles. The van der Waals surface area contributed by atoms with Crippen molar-refractivity contribution in [3.63, 3.8) is 0 Å². The molecule has 1 heterocycles. The van der Waals surface area contributed by atoms with Gasteiger partial charge >= 0.3 is 0 Å². The van der Waals surface area contributed by atoms with Crippen molar-refractivity contribution >= 4 is 60.5 Å². The minimum Gasteiger partial charge on any atom is -0.379 e. The largest absolute Gasteiger partial charge is 0.379 e. The molecule has 0 bridgehead atoms. The van der Waals surface area contributed by atoms with Crippen LogP contribution in [0, 0.1) is 0 Å². The van der Waals surface area contributed by atoms with Crippen molar-refractivity contribution in [2.45, 2.75) is 6.54 Å². The molecular formula is C11H8Br2ClNS. The Morgan fingerprint density at radius 2 is 2.06 bits per heavy atom. The molecular weight excluding hydrogens is 373 g/mol. The van der Waals surface area contributed by atoms with E-state index in [-0.39, 0.29) is 0 Å². The molecule has 0 aliphatic carbocycles. The fourth-order valence-electron chi connectivity index (χ4n) is 1.26. The summed E-state index contributed by atoms with van der Waals surface area (Å²) in [5, 5.41) is 6.10. The van der Waals surface area contributed by atoms with E-state index < -0.39 is 0 Å². The van der Waals surface area contributed by atoms with Gasteiger partial charge in [-0.05, 0) is 40.2 Å². The maximum absolute atomic E-state index is 5.86. The lowest BCUT2D eigenvalue weighted by Crippen LogP contribution is -1.97. The summed E-state index contributed by atoms with van der Waals surface area (Å²) in [7, 11) is 0. The first-order valence-corrected chi connectivity index (χ1v) is 7.41. The average Bonchev–Trinajstić information content (AvgIpc) is 2.66. The average molecular weight is 382 g/mol. The van der Waals surface area contributed by atoms with Gasteiger partial charge in [0.15, 0.2) is 0 Å². The summed E-state index contributed by atoms with van der Waals surface area (Å²) in [6.07, 6.45) is 0. The minimum atomic E-state index is 0.784. The predicted molar refractivity (Wildman–Crippen MR) is 78.5 cm³/mol. The van der Waals surface area contributed by atoms with Gasteiger partial charge in [0.25, 0.3) is 0 Å². The first-order chi connectivity index (χ1) is 7.65. The molecule has 5 heteroatoms. The first-order valence-electron chi connectivity index (χ1n) is 4.57. The minimum absolute atomic E-state index is 0.784. The van der Waals surface area contributed by atoms with E-state index in [9.17, 15) is 0 Å². The second-order valence-electron chi connectivity index (χ2n) is 3.21. The molecule has 1 nitrogen and oxygen atoms in total. The Bertz CT molecular complexity index is 498. The van der Waals surface area contributed by atoms with Gasteiger partial charge in [-0.3, -0.25) is 0 Å². The van der Waals surface area contributed by atoms with Gasteiger partial charge in [0.05, 0.1) is 5.02 Å². The molecule has 0 fully saturated rings. The van der Waals surface area contributed by atoms with E-state index in [4.69, 9.17) is 11.6 Å². The van der Waals surface area contributed by atoms with Crippen LogP contribution in [0.25, 0.3) is 0 Å². The van der Waals surface area contributed by atoms with Gasteiger partial charge in [0, 0.05) is 31.4 Å². The molecule has 0 unspecified atom stereocenters. The maximum atomic E-state index is 5.86. The Kier molecular flexibility index (Phi) is 4.30. The number of hydrogen-bond donors (Lipinski definition) is 1. The third-order valence-electron chi connectivity index (χ3n) is 2.00. The van der Waals surface area contributed by atoms with Crippen molar-refractivity contribution in [1.29, 1.82) is 0 Å². The molecule has 84 valence electrons. The fraction of sp³-hybridized carbons (Fsp3) is 0.0909. The van der Waals surface area contributed by atoms with E-state index in [2.05, 4.69) is 37.2 Å². The van der Waals surface area contributed by atoms with Gasteiger partial charge in [-0.1, -0.05) is 27.5 Å². The highest BCUT2D eigenvalue weighted by molar-refractivity contribution is 9.11. The number of thiophene rings is 1. The third-order valence-corrected chi connectivity index (χ3v) is 4.47. The smallest absolute Gasteiger partial charge is 0.0516 e. The number of rotatable bonds is 3. The van der Waals surface area contributed by atoms with E-state index in [0.29, 0.717) is 0 Å². The van der Waals surface area contributed by atoms with E-state index in [1.165, 1.54) is 4.88 Å². The summed E-state index contributed by atoms with van der Waals surface area (Å²) in [6, 6.07) is 8.02. The van der Waals surface area contributed by atoms with Gasteiger partial charge in [0.1, 0.15) is 0 Å². The van der Waals surface area contributed by atoms with Crippen LogP contribution in [-0.2, 0) is 6.54 Å². The van der Waals surface area contributed by atoms with Crippen molar-refractivity contribution < 1.29 is 0 Å². The van der Waals surface area contributed by atoms with Crippen LogP contribution in [0.3, 0.4) is 0 Å². The van der Waals surface area contributed by atoms with Gasteiger partial charge in [-0.25, -0.2) is 0 Å². The summed E-state index contributed by atoms with van der Waals surface area (Å²) in [4.78, 5) is 1.22. The summed E-state index contributed by atoms with van der Waals surface area (Å²) in [6.45, 7) is 0.784. The van der Waals surface area contributed by atoms with Crippen molar-refractivity contribution in [2.75, 3.05) is 5.32 Å². The molecule has 1 aromatic heterocycles. The molecule has 0 aliphatic rings. The third kappa shape index (κ3) is 3.23. The van der Waals surface area contributed by atoms with E-state index in [0.717, 1.165) is 26.2 Å². The molecule has 0 atom stereocenters. The van der Waals surface area contributed by atoms with E-state index in [1.807, 2.05) is 29.6 Å². The van der Waals surface area contributed by atoms with Gasteiger partial charge < -0.3 is 5.32 Å². The Hall–Kier alpha value is -0.0300. The normalized spacial score (nSPS) is 10.4. The molecule has 2 rings (SSSR count). The SMILES string of the molecule is Clc1csc(CNc2cc(Br)ccc2Br)c1. The Labute approximate surface area is 120 Å². The lowest BCUT2D eigenvalue weighted by molar-refractivity contribution is 1.19. The van der Waals surface area contributed by atoms with Crippen LogP contribution in [0.5, 0.6) is 0 Å². The van der Waals surface area contributed by atoms with E-state index in [1.54, 1.807) is 11.3 Å². The summed E-state index contributed by atoms with van der Waals surface area (Å²) in [5.41, 5.74) is 1.07. The van der Waals surface area contributed by atoms with Gasteiger partial charge in [-0.15, -0.1) is 11.3 Å². The number of nitrogens with one attached hydrogen (secondary N) is 1. The number of benzene rings is 1.